The Bertz CT molecular complexity index is 831. The first-order chi connectivity index (χ1) is 12.8. The van der Waals surface area contributed by atoms with Gasteiger partial charge in [0.25, 0.3) is 0 Å². The number of ether oxygens (including phenoxy) is 1. The van der Waals surface area contributed by atoms with E-state index in [0.717, 1.165) is 31.7 Å². The van der Waals surface area contributed by atoms with E-state index in [1.54, 1.807) is 4.68 Å². The van der Waals surface area contributed by atoms with Gasteiger partial charge in [0, 0.05) is 19.1 Å². The van der Waals surface area contributed by atoms with Crippen LogP contribution in [0.4, 0.5) is 5.95 Å². The Morgan fingerprint density at radius 1 is 1.12 bits per heavy atom. The van der Waals surface area contributed by atoms with Crippen LogP contribution in [-0.4, -0.2) is 33.4 Å². The molecule has 2 heterocycles. The van der Waals surface area contributed by atoms with Crippen molar-refractivity contribution in [2.24, 2.45) is 5.92 Å². The average Bonchev–Trinajstić information content (AvgIpc) is 3.16. The summed E-state index contributed by atoms with van der Waals surface area (Å²) in [4.78, 5) is 0. The molecule has 2 atom stereocenters. The number of benzene rings is 2. The van der Waals surface area contributed by atoms with Crippen LogP contribution in [0.15, 0.2) is 54.6 Å². The molecule has 0 saturated carbocycles. The number of anilines is 1. The van der Waals surface area contributed by atoms with Crippen LogP contribution in [0.25, 0.3) is 5.69 Å². The topological polar surface area (TPSA) is 64.9 Å². The highest BCUT2D eigenvalue weighted by Crippen LogP contribution is 2.33. The fourth-order valence-corrected chi connectivity index (χ4v) is 3.44. The molecule has 26 heavy (non-hydrogen) atoms. The van der Waals surface area contributed by atoms with Crippen molar-refractivity contribution in [1.82, 2.24) is 20.2 Å². The summed E-state index contributed by atoms with van der Waals surface area (Å²) in [6, 6.07) is 18.6. The summed E-state index contributed by atoms with van der Waals surface area (Å²) in [5, 5.41) is 15.5. The highest BCUT2D eigenvalue weighted by atomic mass is 16.5. The van der Waals surface area contributed by atoms with E-state index in [-0.39, 0.29) is 6.10 Å². The maximum absolute atomic E-state index is 6.08. The molecule has 0 bridgehead atoms. The molecule has 3 aromatic rings. The van der Waals surface area contributed by atoms with Gasteiger partial charge in [0.15, 0.2) is 0 Å². The van der Waals surface area contributed by atoms with Crippen molar-refractivity contribution in [3.63, 3.8) is 0 Å². The largest absolute Gasteiger partial charge is 0.373 e. The molecule has 6 heteroatoms. The smallest absolute Gasteiger partial charge is 0.247 e. The monoisotopic (exact) mass is 349 g/mol. The second kappa shape index (κ2) is 7.66. The van der Waals surface area contributed by atoms with Crippen molar-refractivity contribution < 1.29 is 4.74 Å². The average molecular weight is 349 g/mol. The molecule has 0 aliphatic carbocycles. The molecule has 0 spiro atoms. The van der Waals surface area contributed by atoms with Gasteiger partial charge in [0.1, 0.15) is 0 Å². The Balaban J connectivity index is 1.48. The van der Waals surface area contributed by atoms with Gasteiger partial charge in [-0.2, -0.15) is 4.68 Å². The first-order valence-electron chi connectivity index (χ1n) is 9.07. The van der Waals surface area contributed by atoms with Gasteiger partial charge in [-0.1, -0.05) is 53.1 Å². The van der Waals surface area contributed by atoms with Crippen LogP contribution in [0.5, 0.6) is 0 Å². The van der Waals surface area contributed by atoms with Crippen molar-refractivity contribution in [2.75, 3.05) is 18.5 Å². The van der Waals surface area contributed by atoms with E-state index in [4.69, 9.17) is 4.74 Å². The van der Waals surface area contributed by atoms with Gasteiger partial charge >= 0.3 is 0 Å². The molecular formula is C20H23N5O. The summed E-state index contributed by atoms with van der Waals surface area (Å²) in [7, 11) is 0. The molecule has 0 radical (unpaired) electrons. The van der Waals surface area contributed by atoms with E-state index >= 15 is 0 Å². The molecule has 1 N–H and O–H groups in total. The predicted octanol–water partition coefficient (Wildman–Crippen LogP) is 3.55. The Morgan fingerprint density at radius 3 is 2.73 bits per heavy atom. The third-order valence-electron chi connectivity index (χ3n) is 4.84. The summed E-state index contributed by atoms with van der Waals surface area (Å²) in [5.41, 5.74) is 3.39. The van der Waals surface area contributed by atoms with Crippen LogP contribution in [-0.2, 0) is 4.74 Å². The zero-order valence-electron chi connectivity index (χ0n) is 14.9. The van der Waals surface area contributed by atoms with Gasteiger partial charge in [-0.15, -0.1) is 0 Å². The molecule has 1 aliphatic heterocycles. The third-order valence-corrected chi connectivity index (χ3v) is 4.84. The van der Waals surface area contributed by atoms with Crippen LogP contribution in [0.2, 0.25) is 0 Å². The van der Waals surface area contributed by atoms with Crippen LogP contribution < -0.4 is 5.32 Å². The minimum Gasteiger partial charge on any atom is -0.373 e. The maximum Gasteiger partial charge on any atom is 0.247 e. The standard InChI is InChI=1S/C20H23N5O/c1-15-9-11-18(12-10-15)25-20(22-23-24-25)21-14-17-8-5-13-26-19(17)16-6-3-2-4-7-16/h2-4,6-7,9-12,17,19H,5,8,13-14H2,1H3,(H,21,22,24). The zero-order chi connectivity index (χ0) is 17.8. The second-order valence-electron chi connectivity index (χ2n) is 6.74. The van der Waals surface area contributed by atoms with Crippen molar-refractivity contribution in [3.05, 3.63) is 65.7 Å². The molecule has 2 unspecified atom stereocenters. The lowest BCUT2D eigenvalue weighted by Crippen LogP contribution is -2.29. The first-order valence-corrected chi connectivity index (χ1v) is 9.07. The number of nitrogens with one attached hydrogen (secondary N) is 1. The lowest BCUT2D eigenvalue weighted by molar-refractivity contribution is -0.0239. The third kappa shape index (κ3) is 3.60. The fraction of sp³-hybridized carbons (Fsp3) is 0.350. The molecule has 2 aromatic carbocycles. The summed E-state index contributed by atoms with van der Waals surface area (Å²) in [6.45, 7) is 3.65. The normalized spacial score (nSPS) is 20.0. The van der Waals surface area contributed by atoms with Crippen molar-refractivity contribution >= 4 is 5.95 Å². The lowest BCUT2D eigenvalue weighted by atomic mass is 9.89. The van der Waals surface area contributed by atoms with Gasteiger partial charge in [-0.05, 0) is 47.9 Å². The molecule has 1 aromatic heterocycles. The summed E-state index contributed by atoms with van der Waals surface area (Å²) in [6.07, 6.45) is 2.32. The van der Waals surface area contributed by atoms with Crippen molar-refractivity contribution in [3.8, 4) is 5.69 Å². The summed E-state index contributed by atoms with van der Waals surface area (Å²) < 4.78 is 7.81. The van der Waals surface area contributed by atoms with Crippen molar-refractivity contribution in [1.29, 1.82) is 0 Å². The Morgan fingerprint density at radius 2 is 1.92 bits per heavy atom. The van der Waals surface area contributed by atoms with Gasteiger partial charge in [0.2, 0.25) is 5.95 Å². The van der Waals surface area contributed by atoms with Gasteiger partial charge in [-0.3, -0.25) is 0 Å². The molecular weight excluding hydrogens is 326 g/mol. The van der Waals surface area contributed by atoms with Crippen LogP contribution in [0.3, 0.4) is 0 Å². The molecule has 1 saturated heterocycles. The Hall–Kier alpha value is -2.73. The summed E-state index contributed by atoms with van der Waals surface area (Å²) in [5.74, 6) is 1.04. The van der Waals surface area contributed by atoms with E-state index in [2.05, 4.69) is 64.2 Å². The predicted molar refractivity (Wildman–Crippen MR) is 100 cm³/mol. The van der Waals surface area contributed by atoms with Gasteiger partial charge < -0.3 is 10.1 Å². The molecule has 1 fully saturated rings. The maximum atomic E-state index is 6.08. The number of hydrogen-bond donors (Lipinski definition) is 1. The van der Waals surface area contributed by atoms with E-state index in [1.807, 2.05) is 18.2 Å². The van der Waals surface area contributed by atoms with E-state index in [0.29, 0.717) is 11.9 Å². The number of nitrogens with zero attached hydrogens (tertiary/aromatic N) is 4. The molecule has 0 amide bonds. The number of hydrogen-bond acceptors (Lipinski definition) is 5. The number of aromatic nitrogens is 4. The van der Waals surface area contributed by atoms with E-state index < -0.39 is 0 Å². The highest BCUT2D eigenvalue weighted by Gasteiger charge is 2.27. The van der Waals surface area contributed by atoms with Gasteiger partial charge in [0.05, 0.1) is 11.8 Å². The van der Waals surface area contributed by atoms with E-state index in [9.17, 15) is 0 Å². The van der Waals surface area contributed by atoms with Crippen LogP contribution >= 0.6 is 0 Å². The second-order valence-corrected chi connectivity index (χ2v) is 6.74. The minimum atomic E-state index is 0.112. The molecule has 134 valence electrons. The molecule has 1 aliphatic rings. The molecule has 6 nitrogen and oxygen atoms in total. The minimum absolute atomic E-state index is 0.112. The first kappa shape index (κ1) is 16.7. The fourth-order valence-electron chi connectivity index (χ4n) is 3.44. The number of aryl methyl sites for hydroxylation is 1. The number of rotatable bonds is 5. The lowest BCUT2D eigenvalue weighted by Gasteiger charge is -2.32. The molecule has 4 rings (SSSR count). The van der Waals surface area contributed by atoms with Crippen LogP contribution in [0, 0.1) is 12.8 Å². The Labute approximate surface area is 153 Å². The summed E-state index contributed by atoms with van der Waals surface area (Å²) >= 11 is 0. The van der Waals surface area contributed by atoms with Gasteiger partial charge in [-0.25, -0.2) is 0 Å². The quantitative estimate of drug-likeness (QED) is 0.763. The van der Waals surface area contributed by atoms with E-state index in [1.165, 1.54) is 11.1 Å². The van der Waals surface area contributed by atoms with Crippen LogP contribution in [0.1, 0.15) is 30.1 Å². The van der Waals surface area contributed by atoms with Crippen molar-refractivity contribution in [2.45, 2.75) is 25.9 Å². The SMILES string of the molecule is Cc1ccc(-n2nnnc2NCC2CCCOC2c2ccccc2)cc1. The Kier molecular flexibility index (Phi) is 4.93. The zero-order valence-corrected chi connectivity index (χ0v) is 14.9. The number of tetrazole rings is 1. The highest BCUT2D eigenvalue weighted by molar-refractivity contribution is 5.40.